The van der Waals surface area contributed by atoms with Gasteiger partial charge in [0.25, 0.3) is 0 Å². The van der Waals surface area contributed by atoms with Crippen LogP contribution in [0, 0.1) is 17.1 Å². The topological polar surface area (TPSA) is 89.3 Å². The van der Waals surface area contributed by atoms with Crippen LogP contribution in [-0.4, -0.2) is 31.0 Å². The Morgan fingerprint density at radius 1 is 1.33 bits per heavy atom. The lowest BCUT2D eigenvalue weighted by molar-refractivity contribution is -0.121. The van der Waals surface area contributed by atoms with Gasteiger partial charge in [0.15, 0.2) is 5.96 Å². The van der Waals surface area contributed by atoms with Gasteiger partial charge in [-0.15, -0.1) is 24.0 Å². The van der Waals surface area contributed by atoms with Gasteiger partial charge in [0.1, 0.15) is 5.82 Å². The van der Waals surface area contributed by atoms with Gasteiger partial charge in [-0.25, -0.2) is 4.39 Å². The molecule has 0 fully saturated rings. The van der Waals surface area contributed by atoms with Crippen LogP contribution in [0.2, 0.25) is 0 Å². The molecule has 0 aromatic heterocycles. The lowest BCUT2D eigenvalue weighted by Crippen LogP contribution is -2.48. The number of hydrogen-bond acceptors (Lipinski definition) is 3. The highest BCUT2D eigenvalue weighted by Gasteiger charge is 2.13. The second-order valence-corrected chi connectivity index (χ2v) is 6.00. The van der Waals surface area contributed by atoms with Crippen molar-refractivity contribution in [2.45, 2.75) is 32.9 Å². The maximum atomic E-state index is 13.7. The molecule has 3 N–H and O–H groups in total. The number of nitrogens with one attached hydrogen (secondary N) is 3. The smallest absolute Gasteiger partial charge is 0.239 e. The van der Waals surface area contributed by atoms with E-state index in [0.717, 1.165) is 0 Å². The summed E-state index contributed by atoms with van der Waals surface area (Å²) in [4.78, 5) is 15.7. The van der Waals surface area contributed by atoms with Crippen LogP contribution in [-0.2, 0) is 11.3 Å². The van der Waals surface area contributed by atoms with Crippen molar-refractivity contribution in [3.63, 3.8) is 0 Å². The number of aliphatic imine (C=N–C) groups is 1. The van der Waals surface area contributed by atoms with E-state index in [4.69, 9.17) is 5.26 Å². The number of halogens is 2. The molecular weight excluding hydrogens is 424 g/mol. The highest BCUT2D eigenvalue weighted by molar-refractivity contribution is 14.0. The number of hydrogen-bond donors (Lipinski definition) is 3. The summed E-state index contributed by atoms with van der Waals surface area (Å²) in [5, 5.41) is 17.4. The van der Waals surface area contributed by atoms with E-state index in [-0.39, 0.29) is 48.5 Å². The standard InChI is InChI=1S/C16H22FN5O.HI/c1-16(2,3)22-14(23)10-21-15(19-4)20-9-12-7-11(8-18)5-6-13(12)17;/h5-7H,9-10H2,1-4H3,(H,22,23)(H2,19,20,21);1H. The molecule has 0 radical (unpaired) electrons. The molecule has 0 spiro atoms. The first kappa shape index (κ1) is 22.1. The van der Waals surface area contributed by atoms with Gasteiger partial charge in [0.2, 0.25) is 5.91 Å². The third-order valence-corrected chi connectivity index (χ3v) is 2.78. The van der Waals surface area contributed by atoms with Crippen molar-refractivity contribution in [2.75, 3.05) is 13.6 Å². The van der Waals surface area contributed by atoms with E-state index >= 15 is 0 Å². The fourth-order valence-electron chi connectivity index (χ4n) is 1.81. The summed E-state index contributed by atoms with van der Waals surface area (Å²) in [6, 6.07) is 6.11. The summed E-state index contributed by atoms with van der Waals surface area (Å²) in [7, 11) is 1.55. The zero-order chi connectivity index (χ0) is 17.5. The van der Waals surface area contributed by atoms with Gasteiger partial charge in [-0.05, 0) is 39.0 Å². The van der Waals surface area contributed by atoms with E-state index in [0.29, 0.717) is 17.1 Å². The molecule has 1 aromatic rings. The lowest BCUT2D eigenvalue weighted by atomic mass is 10.1. The number of nitrogens with zero attached hydrogens (tertiary/aromatic N) is 2. The lowest BCUT2D eigenvalue weighted by Gasteiger charge is -2.21. The molecule has 0 bridgehead atoms. The largest absolute Gasteiger partial charge is 0.352 e. The van der Waals surface area contributed by atoms with Crippen molar-refractivity contribution in [3.8, 4) is 6.07 Å². The molecule has 0 unspecified atom stereocenters. The monoisotopic (exact) mass is 447 g/mol. The van der Waals surface area contributed by atoms with E-state index in [1.807, 2.05) is 26.8 Å². The van der Waals surface area contributed by atoms with E-state index < -0.39 is 5.82 Å². The van der Waals surface area contributed by atoms with Gasteiger partial charge < -0.3 is 16.0 Å². The Morgan fingerprint density at radius 2 is 2.00 bits per heavy atom. The summed E-state index contributed by atoms with van der Waals surface area (Å²) in [6.07, 6.45) is 0. The minimum Gasteiger partial charge on any atom is -0.352 e. The first-order valence-electron chi connectivity index (χ1n) is 7.19. The molecule has 6 nitrogen and oxygen atoms in total. The van der Waals surface area contributed by atoms with E-state index in [2.05, 4.69) is 20.9 Å². The number of nitriles is 1. The fraction of sp³-hybridized carbons (Fsp3) is 0.438. The van der Waals surface area contributed by atoms with Crippen molar-refractivity contribution < 1.29 is 9.18 Å². The number of benzene rings is 1. The quantitative estimate of drug-likeness (QED) is 0.374. The van der Waals surface area contributed by atoms with Crippen LogP contribution in [0.15, 0.2) is 23.2 Å². The second kappa shape index (κ2) is 10.1. The molecular formula is C16H23FIN5O. The van der Waals surface area contributed by atoms with Crippen LogP contribution in [0.1, 0.15) is 31.9 Å². The van der Waals surface area contributed by atoms with E-state index in [1.54, 1.807) is 7.05 Å². The van der Waals surface area contributed by atoms with Gasteiger partial charge in [0.05, 0.1) is 18.2 Å². The predicted octanol–water partition coefficient (Wildman–Crippen LogP) is 1.90. The summed E-state index contributed by atoms with van der Waals surface area (Å²) >= 11 is 0. The predicted molar refractivity (Wildman–Crippen MR) is 103 cm³/mol. The second-order valence-electron chi connectivity index (χ2n) is 6.00. The van der Waals surface area contributed by atoms with E-state index in [1.165, 1.54) is 18.2 Å². The highest BCUT2D eigenvalue weighted by atomic mass is 127. The Balaban J connectivity index is 0.00000529. The van der Waals surface area contributed by atoms with Gasteiger partial charge in [-0.1, -0.05) is 0 Å². The SMILES string of the molecule is CN=C(NCC(=O)NC(C)(C)C)NCc1cc(C#N)ccc1F.I. The van der Waals surface area contributed by atoms with Gasteiger partial charge in [0, 0.05) is 24.7 Å². The summed E-state index contributed by atoms with van der Waals surface area (Å²) in [5.74, 6) is -0.202. The zero-order valence-electron chi connectivity index (χ0n) is 14.2. The third-order valence-electron chi connectivity index (χ3n) is 2.78. The van der Waals surface area contributed by atoms with Crippen molar-refractivity contribution in [2.24, 2.45) is 4.99 Å². The molecule has 24 heavy (non-hydrogen) atoms. The van der Waals surface area contributed by atoms with Crippen LogP contribution in [0.5, 0.6) is 0 Å². The molecule has 0 heterocycles. The molecule has 1 rings (SSSR count). The maximum Gasteiger partial charge on any atom is 0.239 e. The van der Waals surface area contributed by atoms with Gasteiger partial charge in [-0.2, -0.15) is 5.26 Å². The van der Waals surface area contributed by atoms with E-state index in [9.17, 15) is 9.18 Å². The minimum atomic E-state index is -0.405. The normalized spacial score (nSPS) is 11.1. The summed E-state index contributed by atoms with van der Waals surface area (Å²) < 4.78 is 13.7. The third kappa shape index (κ3) is 8.10. The fourth-order valence-corrected chi connectivity index (χ4v) is 1.81. The van der Waals surface area contributed by atoms with Crippen LogP contribution in [0.4, 0.5) is 4.39 Å². The van der Waals surface area contributed by atoms with Gasteiger partial charge in [-0.3, -0.25) is 9.79 Å². The number of guanidine groups is 1. The van der Waals surface area contributed by atoms with Crippen LogP contribution in [0.25, 0.3) is 0 Å². The number of amides is 1. The Kier molecular flexibility index (Phi) is 9.28. The number of rotatable bonds is 4. The Morgan fingerprint density at radius 3 is 2.54 bits per heavy atom. The van der Waals surface area contributed by atoms with Gasteiger partial charge >= 0.3 is 0 Å². The zero-order valence-corrected chi connectivity index (χ0v) is 16.6. The Hall–Kier alpha value is -1.89. The number of carbonyl (C=O) groups is 1. The first-order valence-corrected chi connectivity index (χ1v) is 7.19. The van der Waals surface area contributed by atoms with Crippen LogP contribution < -0.4 is 16.0 Å². The first-order chi connectivity index (χ1) is 10.7. The van der Waals surface area contributed by atoms with Crippen LogP contribution in [0.3, 0.4) is 0 Å². The molecule has 0 aliphatic rings. The van der Waals surface area contributed by atoms with Crippen LogP contribution >= 0.6 is 24.0 Å². The molecule has 132 valence electrons. The molecule has 0 aliphatic heterocycles. The Bertz CT molecular complexity index is 634. The average molecular weight is 447 g/mol. The van der Waals surface area contributed by atoms with Crippen molar-refractivity contribution in [1.29, 1.82) is 5.26 Å². The average Bonchev–Trinajstić information content (AvgIpc) is 2.47. The molecule has 0 atom stereocenters. The molecule has 1 aromatic carbocycles. The highest BCUT2D eigenvalue weighted by Crippen LogP contribution is 2.09. The Labute approximate surface area is 158 Å². The molecule has 0 saturated carbocycles. The molecule has 1 amide bonds. The summed E-state index contributed by atoms with van der Waals surface area (Å²) in [6.45, 7) is 5.88. The van der Waals surface area contributed by atoms with Crippen molar-refractivity contribution in [1.82, 2.24) is 16.0 Å². The molecule has 0 saturated heterocycles. The minimum absolute atomic E-state index is 0. The van der Waals surface area contributed by atoms with Crippen molar-refractivity contribution >= 4 is 35.8 Å². The molecule has 8 heteroatoms. The van der Waals surface area contributed by atoms with Crippen molar-refractivity contribution in [3.05, 3.63) is 35.1 Å². The number of carbonyl (C=O) groups excluding carboxylic acids is 1. The molecule has 0 aliphatic carbocycles. The maximum absolute atomic E-state index is 13.7. The summed E-state index contributed by atoms with van der Waals surface area (Å²) in [5.41, 5.74) is 0.429.